The maximum atomic E-state index is 11.9. The van der Waals surface area contributed by atoms with Gasteiger partial charge in [-0.2, -0.15) is 0 Å². The first-order valence-electron chi connectivity index (χ1n) is 7.21. The van der Waals surface area contributed by atoms with E-state index in [2.05, 4.69) is 5.32 Å². The number of Topliss-reactive ketones (excluding diaryl/α,β-unsaturated/α-hetero) is 1. The number of hydrogen-bond acceptors (Lipinski definition) is 3. The van der Waals surface area contributed by atoms with Crippen molar-refractivity contribution in [2.45, 2.75) is 20.3 Å². The van der Waals surface area contributed by atoms with Gasteiger partial charge in [-0.15, -0.1) is 0 Å². The SMILES string of the molecule is CCC(=O)c1ccc(OCC(=O)Nc2ccccc2C)cc1. The van der Waals surface area contributed by atoms with Crippen LogP contribution in [0.1, 0.15) is 29.3 Å². The Labute approximate surface area is 130 Å². The predicted molar refractivity (Wildman–Crippen MR) is 86.4 cm³/mol. The second kappa shape index (κ2) is 7.41. The number of nitrogens with one attached hydrogen (secondary N) is 1. The van der Waals surface area contributed by atoms with Gasteiger partial charge < -0.3 is 10.1 Å². The van der Waals surface area contributed by atoms with Gasteiger partial charge in [0, 0.05) is 17.7 Å². The lowest BCUT2D eigenvalue weighted by molar-refractivity contribution is -0.118. The molecule has 0 aliphatic carbocycles. The number of hydrogen-bond donors (Lipinski definition) is 1. The lowest BCUT2D eigenvalue weighted by atomic mass is 10.1. The summed E-state index contributed by atoms with van der Waals surface area (Å²) in [5, 5.41) is 2.80. The van der Waals surface area contributed by atoms with E-state index in [9.17, 15) is 9.59 Å². The van der Waals surface area contributed by atoms with Crippen LogP contribution in [0.3, 0.4) is 0 Å². The topological polar surface area (TPSA) is 55.4 Å². The Bertz CT molecular complexity index is 662. The van der Waals surface area contributed by atoms with Gasteiger partial charge in [-0.3, -0.25) is 9.59 Å². The summed E-state index contributed by atoms with van der Waals surface area (Å²) in [4.78, 5) is 23.4. The third-order valence-electron chi connectivity index (χ3n) is 3.29. The first-order valence-corrected chi connectivity index (χ1v) is 7.21. The second-order valence-electron chi connectivity index (χ2n) is 4.95. The number of ketones is 1. The van der Waals surface area contributed by atoms with Gasteiger partial charge in [0.2, 0.25) is 0 Å². The Morgan fingerprint density at radius 3 is 2.36 bits per heavy atom. The monoisotopic (exact) mass is 297 g/mol. The zero-order valence-corrected chi connectivity index (χ0v) is 12.8. The van der Waals surface area contributed by atoms with E-state index in [1.165, 1.54) is 0 Å². The fourth-order valence-electron chi connectivity index (χ4n) is 1.99. The first-order chi connectivity index (χ1) is 10.6. The molecule has 0 atom stereocenters. The zero-order valence-electron chi connectivity index (χ0n) is 12.8. The molecule has 0 unspecified atom stereocenters. The molecule has 1 N–H and O–H groups in total. The average Bonchev–Trinajstić information content (AvgIpc) is 2.55. The van der Waals surface area contributed by atoms with Crippen LogP contribution in [0.25, 0.3) is 0 Å². The minimum atomic E-state index is -0.219. The van der Waals surface area contributed by atoms with Gasteiger partial charge in [0.1, 0.15) is 5.75 Å². The molecule has 0 fully saturated rings. The van der Waals surface area contributed by atoms with Crippen molar-refractivity contribution in [3.05, 3.63) is 59.7 Å². The highest BCUT2D eigenvalue weighted by atomic mass is 16.5. The first kappa shape index (κ1) is 15.8. The van der Waals surface area contributed by atoms with Crippen molar-refractivity contribution in [2.75, 3.05) is 11.9 Å². The molecular formula is C18H19NO3. The second-order valence-corrected chi connectivity index (χ2v) is 4.95. The van der Waals surface area contributed by atoms with Crippen molar-refractivity contribution in [3.8, 4) is 5.75 Å². The summed E-state index contributed by atoms with van der Waals surface area (Å²) in [6.45, 7) is 3.68. The molecule has 114 valence electrons. The van der Waals surface area contributed by atoms with Crippen LogP contribution in [0, 0.1) is 6.92 Å². The Hall–Kier alpha value is -2.62. The summed E-state index contributed by atoms with van der Waals surface area (Å²) in [5.41, 5.74) is 2.43. The third kappa shape index (κ3) is 4.19. The number of amides is 1. The van der Waals surface area contributed by atoms with Gasteiger partial charge in [0.05, 0.1) is 0 Å². The smallest absolute Gasteiger partial charge is 0.262 e. The molecule has 0 aliphatic rings. The minimum absolute atomic E-state index is 0.0740. The van der Waals surface area contributed by atoms with Crippen LogP contribution < -0.4 is 10.1 Å². The number of aryl methyl sites for hydroxylation is 1. The third-order valence-corrected chi connectivity index (χ3v) is 3.29. The lowest BCUT2D eigenvalue weighted by Gasteiger charge is -2.09. The van der Waals surface area contributed by atoms with Crippen molar-refractivity contribution in [3.63, 3.8) is 0 Å². The number of para-hydroxylation sites is 1. The summed E-state index contributed by atoms with van der Waals surface area (Å²) in [5.74, 6) is 0.430. The van der Waals surface area contributed by atoms with E-state index >= 15 is 0 Å². The van der Waals surface area contributed by atoms with Gasteiger partial charge in [-0.05, 0) is 42.8 Å². The van der Waals surface area contributed by atoms with Crippen LogP contribution in [0.15, 0.2) is 48.5 Å². The Morgan fingerprint density at radius 2 is 1.73 bits per heavy atom. The Morgan fingerprint density at radius 1 is 1.05 bits per heavy atom. The zero-order chi connectivity index (χ0) is 15.9. The highest BCUT2D eigenvalue weighted by Gasteiger charge is 2.06. The van der Waals surface area contributed by atoms with Crippen molar-refractivity contribution in [2.24, 2.45) is 0 Å². The van der Waals surface area contributed by atoms with E-state index in [-0.39, 0.29) is 18.3 Å². The molecule has 0 aromatic heterocycles. The summed E-state index contributed by atoms with van der Waals surface area (Å²) < 4.78 is 5.42. The molecule has 4 heteroatoms. The van der Waals surface area contributed by atoms with E-state index in [1.807, 2.05) is 38.1 Å². The highest BCUT2D eigenvalue weighted by Crippen LogP contribution is 2.15. The van der Waals surface area contributed by atoms with E-state index in [1.54, 1.807) is 24.3 Å². The molecule has 0 heterocycles. The highest BCUT2D eigenvalue weighted by molar-refractivity contribution is 5.96. The van der Waals surface area contributed by atoms with Crippen LogP contribution in [0.5, 0.6) is 5.75 Å². The van der Waals surface area contributed by atoms with Crippen molar-refractivity contribution < 1.29 is 14.3 Å². The minimum Gasteiger partial charge on any atom is -0.484 e. The van der Waals surface area contributed by atoms with Crippen LogP contribution in [-0.4, -0.2) is 18.3 Å². The molecule has 0 aliphatic heterocycles. The maximum absolute atomic E-state index is 11.9. The molecule has 22 heavy (non-hydrogen) atoms. The number of rotatable bonds is 6. The molecule has 0 radical (unpaired) electrons. The fourth-order valence-corrected chi connectivity index (χ4v) is 1.99. The molecule has 0 bridgehead atoms. The van der Waals surface area contributed by atoms with Gasteiger partial charge in [-0.25, -0.2) is 0 Å². The molecule has 2 aromatic rings. The largest absolute Gasteiger partial charge is 0.484 e. The standard InChI is InChI=1S/C18H19NO3/c1-3-17(20)14-8-10-15(11-9-14)22-12-18(21)19-16-7-5-4-6-13(16)2/h4-11H,3,12H2,1-2H3,(H,19,21). The molecule has 2 aromatic carbocycles. The van der Waals surface area contributed by atoms with Gasteiger partial charge in [0.25, 0.3) is 5.91 Å². The Kier molecular flexibility index (Phi) is 5.31. The quantitative estimate of drug-likeness (QED) is 0.829. The van der Waals surface area contributed by atoms with Crippen molar-refractivity contribution in [1.82, 2.24) is 0 Å². The molecule has 0 spiro atoms. The number of carbonyl (C=O) groups is 2. The summed E-state index contributed by atoms with van der Waals surface area (Å²) in [7, 11) is 0. The van der Waals surface area contributed by atoms with Gasteiger partial charge in [0.15, 0.2) is 12.4 Å². The Balaban J connectivity index is 1.89. The number of anilines is 1. The fraction of sp³-hybridized carbons (Fsp3) is 0.222. The maximum Gasteiger partial charge on any atom is 0.262 e. The van der Waals surface area contributed by atoms with Crippen LogP contribution in [0.2, 0.25) is 0 Å². The molecule has 2 rings (SSSR count). The van der Waals surface area contributed by atoms with Crippen LogP contribution in [-0.2, 0) is 4.79 Å². The van der Waals surface area contributed by atoms with Crippen LogP contribution >= 0.6 is 0 Å². The van der Waals surface area contributed by atoms with Gasteiger partial charge >= 0.3 is 0 Å². The lowest BCUT2D eigenvalue weighted by Crippen LogP contribution is -2.20. The predicted octanol–water partition coefficient (Wildman–Crippen LogP) is 3.61. The average molecular weight is 297 g/mol. The summed E-state index contributed by atoms with van der Waals surface area (Å²) in [6, 6.07) is 14.4. The molecule has 4 nitrogen and oxygen atoms in total. The molecule has 0 saturated heterocycles. The number of carbonyl (C=O) groups excluding carboxylic acids is 2. The van der Waals surface area contributed by atoms with Crippen molar-refractivity contribution >= 4 is 17.4 Å². The molecule has 1 amide bonds. The normalized spacial score (nSPS) is 10.1. The van der Waals surface area contributed by atoms with Gasteiger partial charge in [-0.1, -0.05) is 25.1 Å². The van der Waals surface area contributed by atoms with Crippen LogP contribution in [0.4, 0.5) is 5.69 Å². The van der Waals surface area contributed by atoms with E-state index in [0.29, 0.717) is 17.7 Å². The van der Waals surface area contributed by atoms with Crippen molar-refractivity contribution in [1.29, 1.82) is 0 Å². The number of ether oxygens (including phenoxy) is 1. The number of benzene rings is 2. The molecule has 0 saturated carbocycles. The van der Waals surface area contributed by atoms with E-state index in [0.717, 1.165) is 11.3 Å². The summed E-state index contributed by atoms with van der Waals surface area (Å²) >= 11 is 0. The van der Waals surface area contributed by atoms with E-state index < -0.39 is 0 Å². The molecular weight excluding hydrogens is 278 g/mol. The summed E-state index contributed by atoms with van der Waals surface area (Å²) in [6.07, 6.45) is 0.471. The van der Waals surface area contributed by atoms with E-state index in [4.69, 9.17) is 4.74 Å².